The van der Waals surface area contributed by atoms with Crippen molar-refractivity contribution in [3.8, 4) is 0 Å². The molecule has 0 saturated heterocycles. The number of aliphatic carboxylic acids is 1. The maximum absolute atomic E-state index is 12.4. The predicted molar refractivity (Wildman–Crippen MR) is 84.5 cm³/mol. The maximum Gasteiger partial charge on any atom is 0.325 e. The summed E-state index contributed by atoms with van der Waals surface area (Å²) in [4.78, 5) is 23.0. The van der Waals surface area contributed by atoms with Gasteiger partial charge < -0.3 is 14.8 Å². The van der Waals surface area contributed by atoms with Gasteiger partial charge in [0.05, 0.1) is 12.7 Å². The van der Waals surface area contributed by atoms with Gasteiger partial charge in [0.15, 0.2) is 5.76 Å². The summed E-state index contributed by atoms with van der Waals surface area (Å²) in [5.41, 5.74) is 2.91. The van der Waals surface area contributed by atoms with Crippen molar-refractivity contribution in [2.75, 3.05) is 0 Å². The molecule has 2 N–H and O–H groups in total. The minimum atomic E-state index is -1.01. The van der Waals surface area contributed by atoms with Gasteiger partial charge in [0.2, 0.25) is 0 Å². The number of amides is 1. The Morgan fingerprint density at radius 1 is 1.33 bits per heavy atom. The van der Waals surface area contributed by atoms with Crippen molar-refractivity contribution in [1.29, 1.82) is 0 Å². The number of para-hydroxylation sites is 1. The molecular weight excluding hydrogens is 312 g/mol. The predicted octanol–water partition coefficient (Wildman–Crippen LogP) is 1.66. The molecular formula is C16H16N4O4. The van der Waals surface area contributed by atoms with E-state index in [-0.39, 0.29) is 24.8 Å². The molecule has 0 saturated carbocycles. The number of benzene rings is 1. The second-order valence-electron chi connectivity index (χ2n) is 5.49. The minimum absolute atomic E-state index is 0.133. The zero-order chi connectivity index (χ0) is 17.3. The minimum Gasteiger partial charge on any atom is -0.480 e. The number of carbonyl (C=O) groups is 2. The molecule has 1 amide bonds. The second-order valence-corrected chi connectivity index (χ2v) is 5.49. The molecule has 0 unspecified atom stereocenters. The Kier molecular flexibility index (Phi) is 4.03. The Morgan fingerprint density at radius 2 is 2.12 bits per heavy atom. The van der Waals surface area contributed by atoms with Crippen LogP contribution in [0.5, 0.6) is 0 Å². The Balaban J connectivity index is 1.73. The molecule has 124 valence electrons. The van der Waals surface area contributed by atoms with Crippen molar-refractivity contribution in [2.24, 2.45) is 0 Å². The molecule has 0 atom stereocenters. The Hall–Kier alpha value is -3.16. The Bertz CT molecular complexity index is 925. The van der Waals surface area contributed by atoms with Crippen molar-refractivity contribution in [1.82, 2.24) is 20.3 Å². The largest absolute Gasteiger partial charge is 0.480 e. The van der Waals surface area contributed by atoms with Gasteiger partial charge in [-0.25, -0.2) is 4.68 Å². The van der Waals surface area contributed by atoms with Crippen LogP contribution in [0.3, 0.4) is 0 Å². The van der Waals surface area contributed by atoms with Gasteiger partial charge in [-0.1, -0.05) is 23.4 Å². The number of hydrogen-bond donors (Lipinski definition) is 2. The SMILES string of the molecule is Cc1c(C(=O)NCc2cn(CC(=O)O)nn2)oc2c(C)cccc12. The molecule has 0 aliphatic carbocycles. The fourth-order valence-corrected chi connectivity index (χ4v) is 2.49. The highest BCUT2D eigenvalue weighted by atomic mass is 16.4. The number of nitrogens with zero attached hydrogens (tertiary/aromatic N) is 3. The standard InChI is InChI=1S/C16H16N4O4/c1-9-4-3-5-12-10(2)15(24-14(9)12)16(23)17-6-11-7-20(19-18-11)8-13(21)22/h3-5,7H,6,8H2,1-2H3,(H,17,23)(H,21,22). The highest BCUT2D eigenvalue weighted by Crippen LogP contribution is 2.27. The summed E-state index contributed by atoms with van der Waals surface area (Å²) >= 11 is 0. The molecule has 1 aromatic carbocycles. The summed E-state index contributed by atoms with van der Waals surface area (Å²) in [5, 5.41) is 19.8. The van der Waals surface area contributed by atoms with E-state index in [4.69, 9.17) is 9.52 Å². The molecule has 0 aliphatic heterocycles. The van der Waals surface area contributed by atoms with Gasteiger partial charge in [-0.3, -0.25) is 9.59 Å². The normalized spacial score (nSPS) is 10.9. The van der Waals surface area contributed by atoms with E-state index in [1.807, 2.05) is 32.0 Å². The zero-order valence-electron chi connectivity index (χ0n) is 13.2. The first-order chi connectivity index (χ1) is 11.5. The van der Waals surface area contributed by atoms with Gasteiger partial charge in [-0.2, -0.15) is 0 Å². The van der Waals surface area contributed by atoms with Crippen molar-refractivity contribution in [3.63, 3.8) is 0 Å². The Morgan fingerprint density at radius 3 is 2.83 bits per heavy atom. The van der Waals surface area contributed by atoms with Gasteiger partial charge in [0.25, 0.3) is 5.91 Å². The van der Waals surface area contributed by atoms with E-state index in [9.17, 15) is 9.59 Å². The van der Waals surface area contributed by atoms with Gasteiger partial charge in [-0.05, 0) is 19.4 Å². The topological polar surface area (TPSA) is 110 Å². The van der Waals surface area contributed by atoms with Crippen LogP contribution < -0.4 is 5.32 Å². The summed E-state index contributed by atoms with van der Waals surface area (Å²) in [6, 6.07) is 5.76. The van der Waals surface area contributed by atoms with Crippen LogP contribution >= 0.6 is 0 Å². The van der Waals surface area contributed by atoms with Crippen LogP contribution in [0.25, 0.3) is 11.0 Å². The van der Waals surface area contributed by atoms with Gasteiger partial charge in [-0.15, -0.1) is 5.10 Å². The Labute approximate surface area is 137 Å². The van der Waals surface area contributed by atoms with E-state index in [1.165, 1.54) is 10.9 Å². The molecule has 24 heavy (non-hydrogen) atoms. The number of carboxylic acid groups (broad SMARTS) is 1. The van der Waals surface area contributed by atoms with Gasteiger partial charge in [0.1, 0.15) is 17.8 Å². The monoisotopic (exact) mass is 328 g/mol. The van der Waals surface area contributed by atoms with Crippen LogP contribution in [0.2, 0.25) is 0 Å². The number of carboxylic acids is 1. The molecule has 3 rings (SSSR count). The molecule has 0 aliphatic rings. The average Bonchev–Trinajstić information content (AvgIpc) is 3.10. The molecule has 3 aromatic rings. The summed E-state index contributed by atoms with van der Waals surface area (Å²) in [6.45, 7) is 3.62. The second kappa shape index (κ2) is 6.15. The van der Waals surface area contributed by atoms with Crippen molar-refractivity contribution in [2.45, 2.75) is 26.9 Å². The number of aromatic nitrogens is 3. The van der Waals surface area contributed by atoms with Crippen molar-refractivity contribution < 1.29 is 19.1 Å². The van der Waals surface area contributed by atoms with Crippen LogP contribution in [-0.4, -0.2) is 32.0 Å². The average molecular weight is 328 g/mol. The molecule has 0 radical (unpaired) electrons. The fourth-order valence-electron chi connectivity index (χ4n) is 2.49. The lowest BCUT2D eigenvalue weighted by Crippen LogP contribution is -2.23. The number of hydrogen-bond acceptors (Lipinski definition) is 5. The zero-order valence-corrected chi connectivity index (χ0v) is 13.2. The number of fused-ring (bicyclic) bond motifs is 1. The molecule has 0 bridgehead atoms. The van der Waals surface area contributed by atoms with Crippen LogP contribution in [0.1, 0.15) is 27.4 Å². The smallest absolute Gasteiger partial charge is 0.325 e. The molecule has 2 heterocycles. The van der Waals surface area contributed by atoms with E-state index in [0.717, 1.165) is 16.5 Å². The molecule has 2 aromatic heterocycles. The number of nitrogens with one attached hydrogen (secondary N) is 1. The fraction of sp³-hybridized carbons (Fsp3) is 0.250. The van der Waals surface area contributed by atoms with E-state index in [1.54, 1.807) is 0 Å². The van der Waals surface area contributed by atoms with Crippen LogP contribution in [0.15, 0.2) is 28.8 Å². The summed E-state index contributed by atoms with van der Waals surface area (Å²) < 4.78 is 6.90. The quantitative estimate of drug-likeness (QED) is 0.737. The third-order valence-electron chi connectivity index (χ3n) is 3.68. The van der Waals surface area contributed by atoms with E-state index in [2.05, 4.69) is 15.6 Å². The van der Waals surface area contributed by atoms with Gasteiger partial charge in [0, 0.05) is 10.9 Å². The number of aryl methyl sites for hydroxylation is 2. The summed E-state index contributed by atoms with van der Waals surface area (Å²) in [7, 11) is 0. The first-order valence-electron chi connectivity index (χ1n) is 7.33. The van der Waals surface area contributed by atoms with E-state index >= 15 is 0 Å². The molecule has 8 nitrogen and oxygen atoms in total. The van der Waals surface area contributed by atoms with Crippen LogP contribution in [-0.2, 0) is 17.9 Å². The lowest BCUT2D eigenvalue weighted by molar-refractivity contribution is -0.137. The van der Waals surface area contributed by atoms with Crippen molar-refractivity contribution in [3.05, 3.63) is 47.0 Å². The summed E-state index contributed by atoms with van der Waals surface area (Å²) in [6.07, 6.45) is 1.48. The number of carbonyl (C=O) groups excluding carboxylic acids is 1. The first kappa shape index (κ1) is 15.7. The van der Waals surface area contributed by atoms with Crippen molar-refractivity contribution >= 4 is 22.8 Å². The molecule has 8 heteroatoms. The van der Waals surface area contributed by atoms with E-state index < -0.39 is 5.97 Å². The molecule has 0 spiro atoms. The number of rotatable bonds is 5. The molecule has 0 fully saturated rings. The highest BCUT2D eigenvalue weighted by Gasteiger charge is 2.18. The van der Waals surface area contributed by atoms with Crippen LogP contribution in [0.4, 0.5) is 0 Å². The van der Waals surface area contributed by atoms with Crippen LogP contribution in [0, 0.1) is 13.8 Å². The lowest BCUT2D eigenvalue weighted by atomic mass is 10.1. The lowest BCUT2D eigenvalue weighted by Gasteiger charge is -2.00. The third-order valence-corrected chi connectivity index (χ3v) is 3.68. The van der Waals surface area contributed by atoms with Gasteiger partial charge >= 0.3 is 5.97 Å². The first-order valence-corrected chi connectivity index (χ1v) is 7.33. The maximum atomic E-state index is 12.4. The van der Waals surface area contributed by atoms with E-state index in [0.29, 0.717) is 11.3 Å². The number of furan rings is 1. The highest BCUT2D eigenvalue weighted by molar-refractivity contribution is 5.99. The summed E-state index contributed by atoms with van der Waals surface area (Å²) in [5.74, 6) is -1.10. The third kappa shape index (κ3) is 2.98.